The van der Waals surface area contributed by atoms with E-state index in [2.05, 4.69) is 10.2 Å². The van der Waals surface area contributed by atoms with Gasteiger partial charge < -0.3 is 0 Å². The third-order valence-electron chi connectivity index (χ3n) is 1.78. The van der Waals surface area contributed by atoms with Gasteiger partial charge in [-0.2, -0.15) is 0 Å². The normalized spacial score (nSPS) is 10.2. The van der Waals surface area contributed by atoms with Crippen molar-refractivity contribution in [2.45, 2.75) is 0 Å². The van der Waals surface area contributed by atoms with Gasteiger partial charge in [0.2, 0.25) is 0 Å². The van der Waals surface area contributed by atoms with E-state index >= 15 is 0 Å². The van der Waals surface area contributed by atoms with Crippen LogP contribution in [-0.2, 0) is 0 Å². The summed E-state index contributed by atoms with van der Waals surface area (Å²) in [5.41, 5.74) is 1.23. The summed E-state index contributed by atoms with van der Waals surface area (Å²) in [6.07, 6.45) is 0. The summed E-state index contributed by atoms with van der Waals surface area (Å²) < 4.78 is 0. The van der Waals surface area contributed by atoms with Crippen molar-refractivity contribution in [2.24, 2.45) is 0 Å². The summed E-state index contributed by atoms with van der Waals surface area (Å²) in [7, 11) is 0. The van der Waals surface area contributed by atoms with Crippen LogP contribution in [0.25, 0.3) is 11.3 Å². The van der Waals surface area contributed by atoms with Crippen molar-refractivity contribution in [3.8, 4) is 11.3 Å². The molecule has 2 N–H and O–H groups in total. The molecule has 1 heterocycles. The highest BCUT2D eigenvalue weighted by atomic mass is 35.5. The van der Waals surface area contributed by atoms with E-state index in [1.54, 1.807) is 0 Å². The molecular weight excluding hydrogens is 188 g/mol. The molecule has 0 unspecified atom stereocenters. The van der Waals surface area contributed by atoms with Crippen LogP contribution in [0.2, 0.25) is 5.02 Å². The van der Waals surface area contributed by atoms with Crippen LogP contribution in [0.1, 0.15) is 0 Å². The molecule has 66 valence electrons. The molecule has 0 saturated heterocycles. The third-order valence-corrected chi connectivity index (χ3v) is 2.14. The van der Waals surface area contributed by atoms with Crippen LogP contribution in [0.15, 0.2) is 35.1 Å². The zero-order chi connectivity index (χ0) is 9.26. The smallest absolute Gasteiger partial charge is 0.283 e. The van der Waals surface area contributed by atoms with E-state index in [-0.39, 0.29) is 10.6 Å². The first kappa shape index (κ1) is 8.13. The van der Waals surface area contributed by atoms with E-state index in [9.17, 15) is 4.79 Å². The first-order valence-corrected chi connectivity index (χ1v) is 4.18. The summed E-state index contributed by atoms with van der Waals surface area (Å²) >= 11 is 5.77. The van der Waals surface area contributed by atoms with Crippen LogP contribution in [0.3, 0.4) is 0 Å². The zero-order valence-corrected chi connectivity index (χ0v) is 7.43. The molecule has 0 radical (unpaired) electrons. The molecule has 0 bridgehead atoms. The minimum atomic E-state index is -0.291. The summed E-state index contributed by atoms with van der Waals surface area (Å²) in [4.78, 5) is 11.0. The van der Waals surface area contributed by atoms with Gasteiger partial charge >= 0.3 is 0 Å². The molecule has 0 spiro atoms. The number of aromatic nitrogens is 2. The molecule has 0 atom stereocenters. The minimum absolute atomic E-state index is 0.200. The molecule has 1 aromatic carbocycles. The number of H-pyrrole nitrogens is 2. The van der Waals surface area contributed by atoms with Gasteiger partial charge in [-0.3, -0.25) is 15.0 Å². The Morgan fingerprint density at radius 2 is 1.77 bits per heavy atom. The number of hydrogen-bond donors (Lipinski definition) is 2. The summed E-state index contributed by atoms with van der Waals surface area (Å²) in [6, 6.07) is 9.44. The number of halogens is 1. The Morgan fingerprint density at radius 3 is 2.31 bits per heavy atom. The lowest BCUT2D eigenvalue weighted by atomic mass is 10.2. The van der Waals surface area contributed by atoms with Gasteiger partial charge in [0.05, 0.1) is 5.69 Å². The van der Waals surface area contributed by atoms with Gasteiger partial charge in [0.25, 0.3) is 5.56 Å². The van der Waals surface area contributed by atoms with Crippen LogP contribution in [0.4, 0.5) is 0 Å². The molecule has 2 aromatic rings. The van der Waals surface area contributed by atoms with Crippen LogP contribution < -0.4 is 5.56 Å². The molecule has 0 fully saturated rings. The molecule has 0 aliphatic heterocycles. The van der Waals surface area contributed by atoms with Gasteiger partial charge in [-0.25, -0.2) is 0 Å². The monoisotopic (exact) mass is 194 g/mol. The lowest BCUT2D eigenvalue weighted by Crippen LogP contribution is -1.97. The Morgan fingerprint density at radius 1 is 1.08 bits per heavy atom. The number of benzene rings is 1. The maximum atomic E-state index is 11.0. The minimum Gasteiger partial charge on any atom is -0.296 e. The van der Waals surface area contributed by atoms with E-state index in [0.717, 1.165) is 5.56 Å². The highest BCUT2D eigenvalue weighted by Crippen LogP contribution is 2.21. The van der Waals surface area contributed by atoms with Gasteiger partial charge in [0.1, 0.15) is 5.02 Å². The van der Waals surface area contributed by atoms with Crippen molar-refractivity contribution in [1.29, 1.82) is 0 Å². The van der Waals surface area contributed by atoms with Crippen LogP contribution in [0, 0.1) is 0 Å². The van der Waals surface area contributed by atoms with Crippen molar-refractivity contribution in [3.63, 3.8) is 0 Å². The van der Waals surface area contributed by atoms with Gasteiger partial charge in [0, 0.05) is 5.56 Å². The van der Waals surface area contributed by atoms with Crippen molar-refractivity contribution < 1.29 is 0 Å². The van der Waals surface area contributed by atoms with E-state index in [4.69, 9.17) is 11.6 Å². The first-order chi connectivity index (χ1) is 6.29. The highest BCUT2D eigenvalue weighted by molar-refractivity contribution is 6.32. The molecule has 4 heteroatoms. The molecule has 0 aliphatic rings. The molecule has 2 rings (SSSR count). The van der Waals surface area contributed by atoms with Crippen molar-refractivity contribution in [2.75, 3.05) is 0 Å². The number of rotatable bonds is 1. The van der Waals surface area contributed by atoms with Crippen LogP contribution in [-0.4, -0.2) is 10.2 Å². The predicted octanol–water partition coefficient (Wildman–Crippen LogP) is 2.02. The van der Waals surface area contributed by atoms with Crippen LogP contribution in [0.5, 0.6) is 0 Å². The average Bonchev–Trinajstić information content (AvgIpc) is 2.49. The average molecular weight is 195 g/mol. The lowest BCUT2D eigenvalue weighted by molar-refractivity contribution is 1.06. The highest BCUT2D eigenvalue weighted by Gasteiger charge is 2.07. The van der Waals surface area contributed by atoms with Crippen molar-refractivity contribution in [3.05, 3.63) is 45.7 Å². The van der Waals surface area contributed by atoms with Gasteiger partial charge in [0.15, 0.2) is 0 Å². The fourth-order valence-electron chi connectivity index (χ4n) is 1.15. The summed E-state index contributed by atoms with van der Waals surface area (Å²) in [6.45, 7) is 0. The number of aromatic amines is 2. The SMILES string of the molecule is O=c1[nH][nH]c(-c2ccccc2)c1Cl. The maximum Gasteiger partial charge on any atom is 0.283 e. The Kier molecular flexibility index (Phi) is 1.94. The molecule has 13 heavy (non-hydrogen) atoms. The lowest BCUT2D eigenvalue weighted by Gasteiger charge is -1.95. The van der Waals surface area contributed by atoms with E-state index in [0.29, 0.717) is 5.69 Å². The van der Waals surface area contributed by atoms with Gasteiger partial charge in [-0.05, 0) is 0 Å². The largest absolute Gasteiger partial charge is 0.296 e. The zero-order valence-electron chi connectivity index (χ0n) is 6.67. The molecule has 1 aromatic heterocycles. The van der Waals surface area contributed by atoms with Crippen LogP contribution >= 0.6 is 11.6 Å². The summed E-state index contributed by atoms with van der Waals surface area (Å²) in [5.74, 6) is 0. The maximum absolute atomic E-state index is 11.0. The Labute approximate surface area is 79.4 Å². The van der Waals surface area contributed by atoms with E-state index in [1.165, 1.54) is 0 Å². The second-order valence-electron chi connectivity index (χ2n) is 2.63. The fraction of sp³-hybridized carbons (Fsp3) is 0. The third kappa shape index (κ3) is 1.38. The Hall–Kier alpha value is -1.48. The number of nitrogens with one attached hydrogen (secondary N) is 2. The molecular formula is C9H7ClN2O. The van der Waals surface area contributed by atoms with Gasteiger partial charge in [-0.1, -0.05) is 41.9 Å². The topological polar surface area (TPSA) is 48.6 Å². The van der Waals surface area contributed by atoms with Gasteiger partial charge in [-0.15, -0.1) is 0 Å². The fourth-order valence-corrected chi connectivity index (χ4v) is 1.35. The molecule has 0 amide bonds. The summed E-state index contributed by atoms with van der Waals surface area (Å²) in [5, 5.41) is 5.34. The molecule has 3 nitrogen and oxygen atoms in total. The molecule has 0 saturated carbocycles. The van der Waals surface area contributed by atoms with Crippen molar-refractivity contribution >= 4 is 11.6 Å². The standard InChI is InChI=1S/C9H7ClN2O/c10-7-8(11-12-9(7)13)6-4-2-1-3-5-6/h1-5H,(H2,11,12,13). The van der Waals surface area contributed by atoms with Crippen molar-refractivity contribution in [1.82, 2.24) is 10.2 Å². The quantitative estimate of drug-likeness (QED) is 0.717. The van der Waals surface area contributed by atoms with E-state index in [1.807, 2.05) is 30.3 Å². The first-order valence-electron chi connectivity index (χ1n) is 3.80. The Balaban J connectivity index is 2.60. The second kappa shape index (κ2) is 3.11. The predicted molar refractivity (Wildman–Crippen MR) is 51.9 cm³/mol. The second-order valence-corrected chi connectivity index (χ2v) is 3.01. The number of hydrogen-bond acceptors (Lipinski definition) is 1. The van der Waals surface area contributed by atoms with E-state index < -0.39 is 0 Å². The Bertz CT molecular complexity index is 458. The molecule has 0 aliphatic carbocycles.